The first-order chi connectivity index (χ1) is 5.53. The predicted molar refractivity (Wildman–Crippen MR) is 50.0 cm³/mol. The molecule has 0 aromatic rings. The van der Waals surface area contributed by atoms with E-state index in [1.54, 1.807) is 0 Å². The highest BCUT2D eigenvalue weighted by Gasteiger charge is 2.31. The van der Waals surface area contributed by atoms with Crippen LogP contribution in [-0.2, 0) is 0 Å². The molecule has 1 rings (SSSR count). The minimum Gasteiger partial charge on any atom is -0.309 e. The van der Waals surface area contributed by atoms with E-state index in [0.717, 1.165) is 0 Å². The number of hydrogen-bond donors (Lipinski definition) is 1. The summed E-state index contributed by atoms with van der Waals surface area (Å²) in [6.45, 7) is 6.23. The van der Waals surface area contributed by atoms with Gasteiger partial charge in [0.15, 0.2) is 0 Å². The maximum atomic E-state index is 12.2. The van der Waals surface area contributed by atoms with Crippen LogP contribution in [0.5, 0.6) is 0 Å². The molecule has 1 fully saturated rings. The predicted octanol–water partition coefficient (Wildman–Crippen LogP) is 2.51. The zero-order chi connectivity index (χ0) is 9.19. The van der Waals surface area contributed by atoms with E-state index in [1.165, 1.54) is 19.3 Å². The van der Waals surface area contributed by atoms with Gasteiger partial charge in [-0.15, -0.1) is 0 Å². The van der Waals surface area contributed by atoms with E-state index in [0.29, 0.717) is 11.5 Å². The molecule has 2 atom stereocenters. The van der Waals surface area contributed by atoms with Gasteiger partial charge < -0.3 is 5.32 Å². The molecule has 0 spiro atoms. The van der Waals surface area contributed by atoms with Gasteiger partial charge in [0.05, 0.1) is 0 Å². The molecule has 72 valence electrons. The maximum Gasteiger partial charge on any atom is 0.104 e. The van der Waals surface area contributed by atoms with Crippen LogP contribution in [0, 0.1) is 5.41 Å². The summed E-state index contributed by atoms with van der Waals surface area (Å²) in [5, 5.41) is 3.31. The van der Waals surface area contributed by atoms with Gasteiger partial charge in [-0.3, -0.25) is 0 Å². The van der Waals surface area contributed by atoms with E-state index in [2.05, 4.69) is 19.2 Å². The number of nitrogens with one attached hydrogen (secondary N) is 1. The Labute approximate surface area is 74.7 Å². The average Bonchev–Trinajstić information content (AvgIpc) is 2.30. The summed E-state index contributed by atoms with van der Waals surface area (Å²) in [5.41, 5.74) is 0.466. The summed E-state index contributed by atoms with van der Waals surface area (Å²) in [6.07, 6.45) is 3.67. The average molecular weight is 173 g/mol. The lowest BCUT2D eigenvalue weighted by molar-refractivity contribution is 0.329. The van der Waals surface area contributed by atoms with Crippen molar-refractivity contribution in [2.45, 2.75) is 52.1 Å². The van der Waals surface area contributed by atoms with Crippen LogP contribution in [0.3, 0.4) is 0 Å². The highest BCUT2D eigenvalue weighted by atomic mass is 19.1. The molecule has 0 aromatic carbocycles. The molecular weight excluding hydrogens is 153 g/mol. The molecule has 0 bridgehead atoms. The summed E-state index contributed by atoms with van der Waals surface area (Å²) in [6, 6.07) is 0.578. The van der Waals surface area contributed by atoms with E-state index in [4.69, 9.17) is 0 Å². The molecule has 0 radical (unpaired) electrons. The Morgan fingerprint density at radius 3 is 2.67 bits per heavy atom. The van der Waals surface area contributed by atoms with Crippen LogP contribution < -0.4 is 5.32 Å². The Hall–Kier alpha value is -0.110. The van der Waals surface area contributed by atoms with Crippen molar-refractivity contribution < 1.29 is 4.39 Å². The van der Waals surface area contributed by atoms with Gasteiger partial charge in [-0.25, -0.2) is 4.39 Å². The van der Waals surface area contributed by atoms with Crippen molar-refractivity contribution in [2.24, 2.45) is 5.41 Å². The van der Waals surface area contributed by atoms with Crippen LogP contribution in [0.4, 0.5) is 4.39 Å². The second-order valence-corrected chi connectivity index (χ2v) is 4.83. The molecule has 1 aliphatic rings. The first-order valence-electron chi connectivity index (χ1n) is 4.85. The molecule has 0 saturated heterocycles. The molecule has 2 unspecified atom stereocenters. The second-order valence-electron chi connectivity index (χ2n) is 4.83. The molecule has 0 aliphatic heterocycles. The van der Waals surface area contributed by atoms with Gasteiger partial charge in [0, 0.05) is 12.1 Å². The summed E-state index contributed by atoms with van der Waals surface area (Å²) >= 11 is 0. The normalized spacial score (nSPS) is 30.5. The van der Waals surface area contributed by atoms with E-state index in [-0.39, 0.29) is 12.7 Å². The molecule has 1 N–H and O–H groups in total. The summed E-state index contributed by atoms with van der Waals surface area (Å²) in [7, 11) is 0. The van der Waals surface area contributed by atoms with E-state index in [9.17, 15) is 4.39 Å². The number of alkyl halides is 1. The Morgan fingerprint density at radius 2 is 2.25 bits per heavy atom. The third kappa shape index (κ3) is 2.74. The van der Waals surface area contributed by atoms with Crippen molar-refractivity contribution in [1.29, 1.82) is 0 Å². The van der Waals surface area contributed by atoms with Crippen LogP contribution in [0.1, 0.15) is 40.0 Å². The minimum absolute atomic E-state index is 0.0314. The smallest absolute Gasteiger partial charge is 0.104 e. The van der Waals surface area contributed by atoms with Crippen molar-refractivity contribution in [1.82, 2.24) is 5.32 Å². The van der Waals surface area contributed by atoms with Gasteiger partial charge in [0.25, 0.3) is 0 Å². The van der Waals surface area contributed by atoms with Gasteiger partial charge in [0.2, 0.25) is 0 Å². The Bertz CT molecular complexity index is 145. The lowest BCUT2D eigenvalue weighted by Crippen LogP contribution is -2.36. The fraction of sp³-hybridized carbons (Fsp3) is 1.00. The van der Waals surface area contributed by atoms with Crippen LogP contribution in [0.2, 0.25) is 0 Å². The molecule has 0 amide bonds. The van der Waals surface area contributed by atoms with Crippen LogP contribution in [0.25, 0.3) is 0 Å². The van der Waals surface area contributed by atoms with E-state index in [1.807, 2.05) is 6.92 Å². The van der Waals surface area contributed by atoms with Crippen LogP contribution in [-0.4, -0.2) is 18.8 Å². The topological polar surface area (TPSA) is 12.0 Å². The van der Waals surface area contributed by atoms with Crippen LogP contribution in [0.15, 0.2) is 0 Å². The fourth-order valence-electron chi connectivity index (χ4n) is 2.03. The Kier molecular flexibility index (Phi) is 3.10. The molecule has 1 nitrogen and oxygen atoms in total. The standard InChI is InChI=1S/C10H20FN/c1-8(7-11)12-9-4-5-10(2,3)6-9/h8-9,12H,4-7H2,1-3H3. The Balaban J connectivity index is 2.28. The molecule has 2 heteroatoms. The van der Waals surface area contributed by atoms with Gasteiger partial charge in [-0.2, -0.15) is 0 Å². The minimum atomic E-state index is -0.253. The molecular formula is C10H20FN. The number of halogens is 1. The zero-order valence-electron chi connectivity index (χ0n) is 8.36. The Morgan fingerprint density at radius 1 is 1.58 bits per heavy atom. The summed E-state index contributed by atoms with van der Waals surface area (Å²) in [4.78, 5) is 0. The van der Waals surface area contributed by atoms with Gasteiger partial charge in [0.1, 0.15) is 6.67 Å². The molecule has 1 saturated carbocycles. The fourth-order valence-corrected chi connectivity index (χ4v) is 2.03. The quantitative estimate of drug-likeness (QED) is 0.691. The lowest BCUT2D eigenvalue weighted by Gasteiger charge is -2.19. The van der Waals surface area contributed by atoms with Crippen molar-refractivity contribution >= 4 is 0 Å². The van der Waals surface area contributed by atoms with Crippen molar-refractivity contribution in [3.05, 3.63) is 0 Å². The van der Waals surface area contributed by atoms with Crippen molar-refractivity contribution in [3.8, 4) is 0 Å². The van der Waals surface area contributed by atoms with E-state index < -0.39 is 0 Å². The first kappa shape index (κ1) is 9.97. The van der Waals surface area contributed by atoms with Crippen molar-refractivity contribution in [2.75, 3.05) is 6.67 Å². The number of hydrogen-bond acceptors (Lipinski definition) is 1. The van der Waals surface area contributed by atoms with Crippen molar-refractivity contribution in [3.63, 3.8) is 0 Å². The lowest BCUT2D eigenvalue weighted by atomic mass is 9.92. The first-order valence-corrected chi connectivity index (χ1v) is 4.85. The summed E-state index contributed by atoms with van der Waals surface area (Å²) in [5.74, 6) is 0. The van der Waals surface area contributed by atoms with E-state index >= 15 is 0 Å². The zero-order valence-corrected chi connectivity index (χ0v) is 8.36. The highest BCUT2D eigenvalue weighted by Crippen LogP contribution is 2.36. The third-order valence-corrected chi connectivity index (χ3v) is 2.72. The van der Waals surface area contributed by atoms with Crippen LogP contribution >= 0.6 is 0 Å². The third-order valence-electron chi connectivity index (χ3n) is 2.72. The monoisotopic (exact) mass is 173 g/mol. The maximum absolute atomic E-state index is 12.2. The molecule has 0 heterocycles. The molecule has 1 aliphatic carbocycles. The number of rotatable bonds is 3. The molecule has 0 aromatic heterocycles. The second kappa shape index (κ2) is 3.73. The molecule has 12 heavy (non-hydrogen) atoms. The van der Waals surface area contributed by atoms with Gasteiger partial charge >= 0.3 is 0 Å². The largest absolute Gasteiger partial charge is 0.309 e. The van der Waals surface area contributed by atoms with Gasteiger partial charge in [-0.1, -0.05) is 13.8 Å². The SMILES string of the molecule is CC(CF)NC1CCC(C)(C)C1. The highest BCUT2D eigenvalue weighted by molar-refractivity contribution is 4.87. The summed E-state index contributed by atoms with van der Waals surface area (Å²) < 4.78 is 12.2. The van der Waals surface area contributed by atoms with Gasteiger partial charge in [-0.05, 0) is 31.6 Å².